The molecule has 7 heteroatoms. The number of benzene rings is 1. The summed E-state index contributed by atoms with van der Waals surface area (Å²) in [5.74, 6) is -1.15. The third-order valence-electron chi connectivity index (χ3n) is 2.17. The number of nitriles is 1. The molecule has 0 radical (unpaired) electrons. The minimum Gasteiger partial charge on any atom is -0.463 e. The summed E-state index contributed by atoms with van der Waals surface area (Å²) in [6, 6.07) is 8.55. The number of carbonyl (C=O) groups excluding carboxylic acids is 2. The second-order valence-electron chi connectivity index (χ2n) is 3.72. The molecule has 0 heterocycles. The van der Waals surface area contributed by atoms with Crippen molar-refractivity contribution < 1.29 is 14.3 Å². The molecule has 0 bridgehead atoms. The molecule has 0 atom stereocenters. The number of thiocarbonyl (C=S) groups is 1. The lowest BCUT2D eigenvalue weighted by Gasteiger charge is -2.07. The van der Waals surface area contributed by atoms with E-state index in [1.165, 1.54) is 0 Å². The van der Waals surface area contributed by atoms with Crippen molar-refractivity contribution in [1.82, 2.24) is 5.32 Å². The number of hydrogen-bond donors (Lipinski definition) is 2. The smallest absolute Gasteiger partial charge is 0.330 e. The van der Waals surface area contributed by atoms with Crippen molar-refractivity contribution in [2.24, 2.45) is 0 Å². The summed E-state index contributed by atoms with van der Waals surface area (Å²) in [5.41, 5.74) is 1.15. The fourth-order valence-corrected chi connectivity index (χ4v) is 1.50. The van der Waals surface area contributed by atoms with Gasteiger partial charge in [-0.2, -0.15) is 5.26 Å². The molecule has 0 saturated heterocycles. The van der Waals surface area contributed by atoms with Gasteiger partial charge >= 0.3 is 5.97 Å². The van der Waals surface area contributed by atoms with Crippen molar-refractivity contribution in [3.63, 3.8) is 0 Å². The van der Waals surface area contributed by atoms with Gasteiger partial charge in [-0.3, -0.25) is 10.1 Å². The van der Waals surface area contributed by atoms with E-state index in [4.69, 9.17) is 17.5 Å². The third kappa shape index (κ3) is 6.31. The van der Waals surface area contributed by atoms with E-state index in [0.717, 1.165) is 12.2 Å². The topological polar surface area (TPSA) is 91.2 Å². The Hall–Kier alpha value is -2.72. The van der Waals surface area contributed by atoms with Gasteiger partial charge in [0.2, 0.25) is 5.91 Å². The Bertz CT molecular complexity index is 603. The van der Waals surface area contributed by atoms with Gasteiger partial charge in [0.15, 0.2) is 5.11 Å². The second-order valence-corrected chi connectivity index (χ2v) is 4.13. The fourth-order valence-electron chi connectivity index (χ4n) is 1.28. The first-order chi connectivity index (χ1) is 10.0. The zero-order valence-corrected chi connectivity index (χ0v) is 12.1. The molecule has 1 aromatic rings. The van der Waals surface area contributed by atoms with Crippen molar-refractivity contribution in [3.8, 4) is 6.07 Å². The first-order valence-corrected chi connectivity index (χ1v) is 6.43. The summed E-state index contributed by atoms with van der Waals surface area (Å²) in [6.45, 7) is 1.91. The normalized spacial score (nSPS) is 9.71. The van der Waals surface area contributed by atoms with Crippen LogP contribution >= 0.6 is 12.2 Å². The highest BCUT2D eigenvalue weighted by atomic mass is 32.1. The average molecular weight is 303 g/mol. The summed E-state index contributed by atoms with van der Waals surface area (Å²) >= 11 is 4.95. The van der Waals surface area contributed by atoms with E-state index in [1.54, 1.807) is 31.2 Å². The van der Waals surface area contributed by atoms with Crippen LogP contribution in [0.3, 0.4) is 0 Å². The first-order valence-electron chi connectivity index (χ1n) is 6.02. The molecule has 0 aromatic heterocycles. The van der Waals surface area contributed by atoms with Gasteiger partial charge in [0.25, 0.3) is 0 Å². The van der Waals surface area contributed by atoms with Gasteiger partial charge < -0.3 is 10.1 Å². The minimum absolute atomic E-state index is 0.0817. The van der Waals surface area contributed by atoms with Gasteiger partial charge in [0.1, 0.15) is 0 Å². The van der Waals surface area contributed by atoms with Crippen LogP contribution in [0.15, 0.2) is 36.4 Å². The number of carbonyl (C=O) groups is 2. The average Bonchev–Trinajstić information content (AvgIpc) is 2.46. The number of nitrogens with zero attached hydrogens (tertiary/aromatic N) is 1. The summed E-state index contributed by atoms with van der Waals surface area (Å²) < 4.78 is 4.63. The van der Waals surface area contributed by atoms with Crippen LogP contribution in [-0.2, 0) is 14.3 Å². The van der Waals surface area contributed by atoms with Crippen LogP contribution in [0, 0.1) is 11.3 Å². The molecule has 1 rings (SSSR count). The summed E-state index contributed by atoms with van der Waals surface area (Å²) in [5, 5.41) is 13.9. The van der Waals surface area contributed by atoms with Crippen LogP contribution in [0.25, 0.3) is 0 Å². The lowest BCUT2D eigenvalue weighted by Crippen LogP contribution is -2.32. The van der Waals surface area contributed by atoms with E-state index in [1.807, 2.05) is 6.07 Å². The highest BCUT2D eigenvalue weighted by Gasteiger charge is 2.03. The molecule has 0 fully saturated rings. The number of anilines is 1. The number of hydrogen-bond acceptors (Lipinski definition) is 5. The van der Waals surface area contributed by atoms with E-state index in [-0.39, 0.29) is 11.7 Å². The van der Waals surface area contributed by atoms with Gasteiger partial charge in [0.05, 0.1) is 18.2 Å². The summed E-state index contributed by atoms with van der Waals surface area (Å²) in [7, 11) is 0. The quantitative estimate of drug-likeness (QED) is 0.497. The van der Waals surface area contributed by atoms with Crippen molar-refractivity contribution in [3.05, 3.63) is 42.0 Å². The van der Waals surface area contributed by atoms with Gasteiger partial charge in [-0.05, 0) is 43.4 Å². The molecule has 0 spiro atoms. The van der Waals surface area contributed by atoms with E-state index in [9.17, 15) is 9.59 Å². The van der Waals surface area contributed by atoms with Crippen LogP contribution in [-0.4, -0.2) is 23.6 Å². The van der Waals surface area contributed by atoms with E-state index < -0.39 is 11.9 Å². The number of esters is 1. The molecule has 1 amide bonds. The summed E-state index contributed by atoms with van der Waals surface area (Å²) in [4.78, 5) is 22.5. The molecule has 21 heavy (non-hydrogen) atoms. The lowest BCUT2D eigenvalue weighted by molar-refractivity contribution is -0.137. The van der Waals surface area contributed by atoms with E-state index >= 15 is 0 Å². The Balaban J connectivity index is 2.47. The zero-order valence-electron chi connectivity index (χ0n) is 11.3. The monoisotopic (exact) mass is 303 g/mol. The Morgan fingerprint density at radius 3 is 2.57 bits per heavy atom. The molecule has 0 aliphatic rings. The highest BCUT2D eigenvalue weighted by Crippen LogP contribution is 2.08. The van der Waals surface area contributed by atoms with Crippen molar-refractivity contribution >= 4 is 34.9 Å². The highest BCUT2D eigenvalue weighted by molar-refractivity contribution is 7.80. The molecule has 6 nitrogen and oxygen atoms in total. The van der Waals surface area contributed by atoms with Crippen molar-refractivity contribution in [2.45, 2.75) is 6.92 Å². The standard InChI is InChI=1S/C14H13N3O3S/c1-2-20-13(19)8-7-12(18)17-14(21)16-11-5-3-10(9-15)4-6-11/h3-8H,2H2,1H3,(H2,16,17,18,21). The summed E-state index contributed by atoms with van der Waals surface area (Å²) in [6.07, 6.45) is 2.05. The largest absolute Gasteiger partial charge is 0.463 e. The van der Waals surface area contributed by atoms with E-state index in [0.29, 0.717) is 11.3 Å². The molecule has 1 aromatic carbocycles. The molecular weight excluding hydrogens is 290 g/mol. The maximum Gasteiger partial charge on any atom is 0.330 e. The minimum atomic E-state index is -0.599. The van der Waals surface area contributed by atoms with Crippen LogP contribution in [0.5, 0.6) is 0 Å². The van der Waals surface area contributed by atoms with Crippen LogP contribution in [0.2, 0.25) is 0 Å². The molecule has 0 unspecified atom stereocenters. The Morgan fingerprint density at radius 1 is 1.33 bits per heavy atom. The van der Waals surface area contributed by atoms with Gasteiger partial charge in [-0.25, -0.2) is 4.79 Å². The maximum atomic E-state index is 11.5. The van der Waals surface area contributed by atoms with Gasteiger partial charge in [-0.1, -0.05) is 0 Å². The number of rotatable bonds is 4. The SMILES string of the molecule is CCOC(=O)C=CC(=O)NC(=S)Nc1ccc(C#N)cc1. The van der Waals surface area contributed by atoms with Gasteiger partial charge in [0, 0.05) is 17.8 Å². The fraction of sp³-hybridized carbons (Fsp3) is 0.143. The third-order valence-corrected chi connectivity index (χ3v) is 2.37. The number of amides is 1. The molecule has 108 valence electrons. The Morgan fingerprint density at radius 2 is 2.00 bits per heavy atom. The molecule has 0 saturated carbocycles. The molecule has 0 aliphatic heterocycles. The second kappa shape index (κ2) is 8.45. The van der Waals surface area contributed by atoms with Crippen molar-refractivity contribution in [1.29, 1.82) is 5.26 Å². The van der Waals surface area contributed by atoms with Crippen molar-refractivity contribution in [2.75, 3.05) is 11.9 Å². The Kier molecular flexibility index (Phi) is 6.57. The van der Waals surface area contributed by atoms with Gasteiger partial charge in [-0.15, -0.1) is 0 Å². The molecule has 2 N–H and O–H groups in total. The maximum absolute atomic E-state index is 11.5. The number of nitrogens with one attached hydrogen (secondary N) is 2. The predicted molar refractivity (Wildman–Crippen MR) is 81.3 cm³/mol. The predicted octanol–water partition coefficient (Wildman–Crippen LogP) is 1.49. The van der Waals surface area contributed by atoms with E-state index in [2.05, 4.69) is 15.4 Å². The van der Waals surface area contributed by atoms with Crippen LogP contribution in [0.4, 0.5) is 5.69 Å². The lowest BCUT2D eigenvalue weighted by atomic mass is 10.2. The first kappa shape index (κ1) is 16.3. The zero-order chi connectivity index (χ0) is 15.7. The number of ether oxygens (including phenoxy) is 1. The Labute approximate surface area is 127 Å². The van der Waals surface area contributed by atoms with Crippen LogP contribution < -0.4 is 10.6 Å². The molecular formula is C14H13N3O3S. The van der Waals surface area contributed by atoms with Crippen LogP contribution in [0.1, 0.15) is 12.5 Å². The molecule has 0 aliphatic carbocycles.